The lowest BCUT2D eigenvalue weighted by Gasteiger charge is -2.29. The molecule has 2 amide bonds. The molecule has 0 radical (unpaired) electrons. The average molecular weight is 560 g/mol. The Bertz CT molecular complexity index is 1060. The first kappa shape index (κ1) is 22.8. The van der Waals surface area contributed by atoms with Crippen molar-refractivity contribution in [1.29, 1.82) is 0 Å². The van der Waals surface area contributed by atoms with Gasteiger partial charge in [-0.05, 0) is 65.6 Å². The fraction of sp³-hybridized carbons (Fsp3) is 0.462. The molecule has 5 rings (SSSR count). The van der Waals surface area contributed by atoms with Crippen molar-refractivity contribution in [1.82, 2.24) is 4.90 Å². The van der Waals surface area contributed by atoms with Crippen molar-refractivity contribution in [2.24, 2.45) is 5.92 Å². The van der Waals surface area contributed by atoms with Crippen molar-refractivity contribution in [2.75, 3.05) is 18.1 Å². The van der Waals surface area contributed by atoms with Gasteiger partial charge in [0.2, 0.25) is 5.91 Å². The highest BCUT2D eigenvalue weighted by molar-refractivity contribution is 14.1. The molecule has 0 aromatic heterocycles. The third kappa shape index (κ3) is 3.88. The number of para-hydroxylation sites is 1. The molecule has 3 heterocycles. The smallest absolute Gasteiger partial charge is 0.264 e. The molecule has 2 aromatic carbocycles. The van der Waals surface area contributed by atoms with Gasteiger partial charge in [0.25, 0.3) is 5.91 Å². The van der Waals surface area contributed by atoms with E-state index in [-0.39, 0.29) is 42.9 Å². The number of likely N-dealkylation sites (tertiary alicyclic amines) is 1. The number of carbonyl (C=O) groups is 2. The maximum atomic E-state index is 13.9. The minimum absolute atomic E-state index is 0.00301. The van der Waals surface area contributed by atoms with E-state index in [2.05, 4.69) is 41.6 Å². The lowest BCUT2D eigenvalue weighted by atomic mass is 9.83. The Hall–Kier alpha value is -1.97. The third-order valence-electron chi connectivity index (χ3n) is 7.39. The second-order valence-corrected chi connectivity index (χ2v) is 10.7. The first-order valence-electron chi connectivity index (χ1n) is 11.7. The molecule has 4 atom stereocenters. The van der Waals surface area contributed by atoms with E-state index in [9.17, 15) is 14.7 Å². The molecule has 6 nitrogen and oxygen atoms in total. The first-order chi connectivity index (χ1) is 15.9. The van der Waals surface area contributed by atoms with E-state index in [1.165, 1.54) is 0 Å². The summed E-state index contributed by atoms with van der Waals surface area (Å²) in [6.45, 7) is 3.22. The van der Waals surface area contributed by atoms with Gasteiger partial charge < -0.3 is 19.6 Å². The van der Waals surface area contributed by atoms with Crippen LogP contribution < -0.4 is 4.90 Å². The molecule has 7 heteroatoms. The number of fused-ring (bicyclic) bond motifs is 2. The van der Waals surface area contributed by atoms with E-state index in [1.807, 2.05) is 41.3 Å². The standard InChI is InChI=1S/C26H29IN2O4/c1-17-13-21(14-24(31)28-12-4-5-20(28)16-30)33-26(17)22-6-2-3-7-23(22)29(25(26)32)15-18-8-10-19(27)11-9-18/h2-3,6-11,17,20-21,30H,4-5,12-16H2,1H3/t17-,20+,21-,26+/m1/s1. The zero-order valence-corrected chi connectivity index (χ0v) is 20.9. The molecular formula is C26H29IN2O4. The van der Waals surface area contributed by atoms with E-state index in [1.54, 1.807) is 4.90 Å². The molecule has 3 aliphatic heterocycles. The van der Waals surface area contributed by atoms with Gasteiger partial charge in [-0.2, -0.15) is 0 Å². The number of amides is 2. The Morgan fingerprint density at radius 1 is 1.21 bits per heavy atom. The van der Waals surface area contributed by atoms with Crippen LogP contribution in [-0.4, -0.2) is 47.1 Å². The highest BCUT2D eigenvalue weighted by atomic mass is 127. The minimum atomic E-state index is -1.05. The normalized spacial score (nSPS) is 28.7. The van der Waals surface area contributed by atoms with Crippen molar-refractivity contribution in [3.63, 3.8) is 0 Å². The number of aliphatic hydroxyl groups is 1. The highest BCUT2D eigenvalue weighted by Crippen LogP contribution is 2.53. The van der Waals surface area contributed by atoms with Crippen molar-refractivity contribution < 1.29 is 19.4 Å². The third-order valence-corrected chi connectivity index (χ3v) is 8.10. The monoisotopic (exact) mass is 560 g/mol. The number of hydrogen-bond acceptors (Lipinski definition) is 4. The summed E-state index contributed by atoms with van der Waals surface area (Å²) >= 11 is 2.28. The van der Waals surface area contributed by atoms with Crippen LogP contribution in [0.4, 0.5) is 5.69 Å². The van der Waals surface area contributed by atoms with E-state index in [4.69, 9.17) is 4.74 Å². The predicted octanol–water partition coefficient (Wildman–Crippen LogP) is 3.83. The number of hydrogen-bond donors (Lipinski definition) is 1. The molecule has 2 aromatic rings. The summed E-state index contributed by atoms with van der Waals surface area (Å²) in [7, 11) is 0. The SMILES string of the molecule is C[C@@H]1C[C@H](CC(=O)N2CCC[C@H]2CO)O[C@@]12C(=O)N(Cc1ccc(I)cc1)c1ccccc12. The van der Waals surface area contributed by atoms with Crippen LogP contribution in [-0.2, 0) is 26.5 Å². The molecule has 2 fully saturated rings. The van der Waals surface area contributed by atoms with Gasteiger partial charge in [-0.25, -0.2) is 0 Å². The number of nitrogens with zero attached hydrogens (tertiary/aromatic N) is 2. The molecule has 1 N–H and O–H groups in total. The summed E-state index contributed by atoms with van der Waals surface area (Å²) in [5.41, 5.74) is 1.81. The fourth-order valence-corrected chi connectivity index (χ4v) is 6.11. The summed E-state index contributed by atoms with van der Waals surface area (Å²) in [6, 6.07) is 16.0. The van der Waals surface area contributed by atoms with E-state index >= 15 is 0 Å². The number of halogens is 1. The van der Waals surface area contributed by atoms with Gasteiger partial charge in [0, 0.05) is 21.6 Å². The fourth-order valence-electron chi connectivity index (χ4n) is 5.75. The van der Waals surface area contributed by atoms with Gasteiger partial charge >= 0.3 is 0 Å². The molecule has 174 valence electrons. The van der Waals surface area contributed by atoms with Crippen molar-refractivity contribution >= 4 is 40.1 Å². The number of benzene rings is 2. The number of rotatable bonds is 5. The van der Waals surface area contributed by atoms with Crippen LogP contribution in [0.1, 0.15) is 43.7 Å². The zero-order valence-electron chi connectivity index (χ0n) is 18.7. The van der Waals surface area contributed by atoms with Crippen LogP contribution in [0.15, 0.2) is 48.5 Å². The van der Waals surface area contributed by atoms with E-state index in [0.717, 1.165) is 33.2 Å². The van der Waals surface area contributed by atoms with Crippen LogP contribution in [0.2, 0.25) is 0 Å². The first-order valence-corrected chi connectivity index (χ1v) is 12.8. The van der Waals surface area contributed by atoms with Crippen LogP contribution in [0.3, 0.4) is 0 Å². The van der Waals surface area contributed by atoms with Crippen LogP contribution in [0.5, 0.6) is 0 Å². The summed E-state index contributed by atoms with van der Waals surface area (Å²) < 4.78 is 7.70. The van der Waals surface area contributed by atoms with Gasteiger partial charge in [-0.1, -0.05) is 37.3 Å². The Labute approximate surface area is 208 Å². The van der Waals surface area contributed by atoms with Gasteiger partial charge in [0.1, 0.15) is 0 Å². The molecule has 2 saturated heterocycles. The maximum Gasteiger partial charge on any atom is 0.264 e. The number of anilines is 1. The minimum Gasteiger partial charge on any atom is -0.394 e. The average Bonchev–Trinajstić information content (AvgIpc) is 3.48. The largest absolute Gasteiger partial charge is 0.394 e. The topological polar surface area (TPSA) is 70.1 Å². The Kier molecular flexibility index (Phi) is 6.22. The molecule has 0 saturated carbocycles. The molecule has 0 aliphatic carbocycles. The van der Waals surface area contributed by atoms with Crippen LogP contribution >= 0.6 is 22.6 Å². The van der Waals surface area contributed by atoms with Gasteiger partial charge in [-0.3, -0.25) is 9.59 Å². The summed E-state index contributed by atoms with van der Waals surface area (Å²) in [4.78, 5) is 30.5. The zero-order chi connectivity index (χ0) is 23.2. The molecular weight excluding hydrogens is 531 g/mol. The predicted molar refractivity (Wildman–Crippen MR) is 134 cm³/mol. The lowest BCUT2D eigenvalue weighted by molar-refractivity contribution is -0.150. The van der Waals surface area contributed by atoms with Crippen molar-refractivity contribution in [3.05, 3.63) is 63.2 Å². The molecule has 3 aliphatic rings. The maximum absolute atomic E-state index is 13.9. The quantitative estimate of drug-likeness (QED) is 0.565. The highest BCUT2D eigenvalue weighted by Gasteiger charge is 2.60. The van der Waals surface area contributed by atoms with Crippen molar-refractivity contribution in [2.45, 2.75) is 56.9 Å². The summed E-state index contributed by atoms with van der Waals surface area (Å²) in [5.74, 6) is -0.0766. The molecule has 0 bridgehead atoms. The van der Waals surface area contributed by atoms with Gasteiger partial charge in [-0.15, -0.1) is 0 Å². The Morgan fingerprint density at radius 3 is 2.73 bits per heavy atom. The van der Waals surface area contributed by atoms with Crippen molar-refractivity contribution in [3.8, 4) is 0 Å². The summed E-state index contributed by atoms with van der Waals surface area (Å²) in [6.07, 6.45) is 2.34. The molecule has 0 unspecified atom stereocenters. The molecule has 1 spiro atoms. The van der Waals surface area contributed by atoms with Crippen LogP contribution in [0.25, 0.3) is 0 Å². The summed E-state index contributed by atoms with van der Waals surface area (Å²) in [5, 5.41) is 9.59. The van der Waals surface area contributed by atoms with E-state index in [0.29, 0.717) is 19.5 Å². The lowest BCUT2D eigenvalue weighted by Crippen LogP contribution is -2.44. The second kappa shape index (κ2) is 9.00. The van der Waals surface area contributed by atoms with Crippen LogP contribution in [0, 0.1) is 9.49 Å². The van der Waals surface area contributed by atoms with E-state index < -0.39 is 5.60 Å². The number of aliphatic hydroxyl groups excluding tert-OH is 1. The number of carbonyl (C=O) groups excluding carboxylic acids is 2. The Balaban J connectivity index is 1.40. The molecule has 33 heavy (non-hydrogen) atoms. The van der Waals surface area contributed by atoms with Gasteiger partial charge in [0.15, 0.2) is 5.60 Å². The second-order valence-electron chi connectivity index (χ2n) is 9.42. The Morgan fingerprint density at radius 2 is 1.97 bits per heavy atom. The van der Waals surface area contributed by atoms with Gasteiger partial charge in [0.05, 0.1) is 37.4 Å². The number of ether oxygens (including phenoxy) is 1.